The van der Waals surface area contributed by atoms with E-state index in [1.54, 1.807) is 0 Å². The molecule has 2 heteroatoms. The van der Waals surface area contributed by atoms with Gasteiger partial charge in [0.2, 0.25) is 0 Å². The van der Waals surface area contributed by atoms with Gasteiger partial charge in [-0.05, 0) is 35.8 Å². The number of hydrogen-bond donors (Lipinski definition) is 0. The summed E-state index contributed by atoms with van der Waals surface area (Å²) < 4.78 is 0. The quantitative estimate of drug-likeness (QED) is 0.408. The van der Waals surface area contributed by atoms with Crippen molar-refractivity contribution in [2.75, 3.05) is 0 Å². The average molecular weight is 352 g/mol. The van der Waals surface area contributed by atoms with Crippen LogP contribution in [0.2, 0.25) is 5.02 Å². The van der Waals surface area contributed by atoms with Gasteiger partial charge in [0.05, 0.1) is 0 Å². The van der Waals surface area contributed by atoms with Crippen LogP contribution in [0, 0.1) is 5.92 Å². The third-order valence-corrected chi connectivity index (χ3v) is 6.09. The van der Waals surface area contributed by atoms with Gasteiger partial charge in [0, 0.05) is 15.2 Å². The molecular weight excluding hydrogens is 332 g/mol. The Kier molecular flexibility index (Phi) is 4.68. The molecule has 2 aromatic rings. The van der Waals surface area contributed by atoms with E-state index in [1.807, 2.05) is 6.07 Å². The topological polar surface area (TPSA) is 0 Å². The fraction of sp³-hybridized carbons (Fsp3) is 0.444. The van der Waals surface area contributed by atoms with E-state index in [1.165, 1.54) is 54.9 Å². The summed E-state index contributed by atoms with van der Waals surface area (Å²) in [5, 5.41) is 3.32. The molecule has 0 aliphatic heterocycles. The summed E-state index contributed by atoms with van der Waals surface area (Å²) in [6, 6.07) is 12.7. The number of benzene rings is 2. The smallest absolute Gasteiger partial charge is 0.0484 e. The van der Waals surface area contributed by atoms with Gasteiger partial charge in [0.15, 0.2) is 0 Å². The summed E-state index contributed by atoms with van der Waals surface area (Å²) in [6.07, 6.45) is 8.23. The minimum absolute atomic E-state index is 0.447. The van der Waals surface area contributed by atoms with Crippen LogP contribution in [0.4, 0.5) is 0 Å². The molecule has 3 rings (SSSR count). The lowest BCUT2D eigenvalue weighted by Gasteiger charge is -2.23. The lowest BCUT2D eigenvalue weighted by atomic mass is 9.90. The van der Waals surface area contributed by atoms with E-state index in [0.717, 1.165) is 10.9 Å². The number of alkyl halides is 1. The second kappa shape index (κ2) is 6.49. The first-order valence-corrected chi connectivity index (χ1v) is 8.88. The molecular formula is C18H20BrCl. The van der Waals surface area contributed by atoms with Crippen molar-refractivity contribution in [2.24, 2.45) is 5.92 Å². The highest BCUT2D eigenvalue weighted by Crippen LogP contribution is 2.42. The van der Waals surface area contributed by atoms with E-state index < -0.39 is 0 Å². The van der Waals surface area contributed by atoms with Crippen LogP contribution in [0.25, 0.3) is 10.8 Å². The van der Waals surface area contributed by atoms with Crippen LogP contribution in [-0.4, -0.2) is 0 Å². The lowest BCUT2D eigenvalue weighted by Crippen LogP contribution is -2.07. The molecule has 1 fully saturated rings. The SMILES string of the molecule is Clc1ccc(C(Br)C2CCCCCC2)c2ccccc12. The van der Waals surface area contributed by atoms with E-state index in [0.29, 0.717) is 4.83 Å². The first-order valence-electron chi connectivity index (χ1n) is 7.58. The molecule has 0 radical (unpaired) electrons. The average Bonchev–Trinajstić information content (AvgIpc) is 2.76. The van der Waals surface area contributed by atoms with Gasteiger partial charge in [-0.2, -0.15) is 0 Å². The summed E-state index contributed by atoms with van der Waals surface area (Å²) in [7, 11) is 0. The van der Waals surface area contributed by atoms with E-state index in [9.17, 15) is 0 Å². The molecule has 0 saturated heterocycles. The molecule has 1 unspecified atom stereocenters. The fourth-order valence-corrected chi connectivity index (χ4v) is 4.54. The zero-order valence-corrected chi connectivity index (χ0v) is 14.0. The minimum atomic E-state index is 0.447. The van der Waals surface area contributed by atoms with Crippen molar-refractivity contribution in [1.29, 1.82) is 0 Å². The van der Waals surface area contributed by atoms with Gasteiger partial charge >= 0.3 is 0 Å². The van der Waals surface area contributed by atoms with Crippen molar-refractivity contribution >= 4 is 38.3 Å². The summed E-state index contributed by atoms with van der Waals surface area (Å²) >= 11 is 10.3. The highest BCUT2D eigenvalue weighted by atomic mass is 79.9. The van der Waals surface area contributed by atoms with Gasteiger partial charge < -0.3 is 0 Å². The maximum atomic E-state index is 6.33. The molecule has 0 bridgehead atoms. The molecule has 0 nitrogen and oxygen atoms in total. The molecule has 0 aromatic heterocycles. The van der Waals surface area contributed by atoms with Crippen molar-refractivity contribution in [1.82, 2.24) is 0 Å². The Bertz CT molecular complexity index is 585. The zero-order chi connectivity index (χ0) is 13.9. The van der Waals surface area contributed by atoms with Crippen molar-refractivity contribution in [3.8, 4) is 0 Å². The molecule has 0 spiro atoms. The maximum Gasteiger partial charge on any atom is 0.0484 e. The van der Waals surface area contributed by atoms with Crippen LogP contribution in [-0.2, 0) is 0 Å². The molecule has 1 saturated carbocycles. The zero-order valence-electron chi connectivity index (χ0n) is 11.6. The predicted octanol–water partition coefficient (Wildman–Crippen LogP) is 6.90. The van der Waals surface area contributed by atoms with Crippen molar-refractivity contribution in [3.05, 3.63) is 47.0 Å². The van der Waals surface area contributed by atoms with E-state index in [-0.39, 0.29) is 0 Å². The Morgan fingerprint density at radius 2 is 1.55 bits per heavy atom. The Morgan fingerprint density at radius 3 is 2.25 bits per heavy atom. The van der Waals surface area contributed by atoms with E-state index in [2.05, 4.69) is 46.3 Å². The maximum absolute atomic E-state index is 6.33. The van der Waals surface area contributed by atoms with Gasteiger partial charge in [-0.3, -0.25) is 0 Å². The summed E-state index contributed by atoms with van der Waals surface area (Å²) in [5.74, 6) is 0.752. The molecule has 0 N–H and O–H groups in total. The minimum Gasteiger partial charge on any atom is -0.0837 e. The van der Waals surface area contributed by atoms with Crippen LogP contribution >= 0.6 is 27.5 Å². The van der Waals surface area contributed by atoms with Crippen LogP contribution in [0.15, 0.2) is 36.4 Å². The summed E-state index contributed by atoms with van der Waals surface area (Å²) in [4.78, 5) is 0.447. The Balaban J connectivity index is 1.98. The first kappa shape index (κ1) is 14.4. The van der Waals surface area contributed by atoms with Gasteiger partial charge in [-0.1, -0.05) is 83.5 Å². The monoisotopic (exact) mass is 350 g/mol. The van der Waals surface area contributed by atoms with E-state index in [4.69, 9.17) is 11.6 Å². The normalized spacial score (nSPS) is 18.9. The Labute approximate surface area is 134 Å². The molecule has 20 heavy (non-hydrogen) atoms. The van der Waals surface area contributed by atoms with Gasteiger partial charge in [-0.25, -0.2) is 0 Å². The number of halogens is 2. The van der Waals surface area contributed by atoms with Crippen molar-refractivity contribution < 1.29 is 0 Å². The highest BCUT2D eigenvalue weighted by molar-refractivity contribution is 9.09. The van der Waals surface area contributed by atoms with Crippen LogP contribution < -0.4 is 0 Å². The third kappa shape index (κ3) is 2.89. The van der Waals surface area contributed by atoms with Crippen LogP contribution in [0.5, 0.6) is 0 Å². The fourth-order valence-electron chi connectivity index (χ4n) is 3.38. The number of fused-ring (bicyclic) bond motifs is 1. The van der Waals surface area contributed by atoms with E-state index >= 15 is 0 Å². The Hall–Kier alpha value is -0.530. The third-order valence-electron chi connectivity index (χ3n) is 4.52. The second-order valence-corrected chi connectivity index (χ2v) is 7.23. The van der Waals surface area contributed by atoms with Gasteiger partial charge in [0.1, 0.15) is 0 Å². The largest absolute Gasteiger partial charge is 0.0837 e. The lowest BCUT2D eigenvalue weighted by molar-refractivity contribution is 0.456. The standard InChI is InChI=1S/C18H20BrCl/c19-18(13-7-3-1-2-4-8-13)16-11-12-17(20)15-10-6-5-9-14(15)16/h5-6,9-13,18H,1-4,7-8H2. The number of hydrogen-bond acceptors (Lipinski definition) is 0. The highest BCUT2D eigenvalue weighted by Gasteiger charge is 2.23. The van der Waals surface area contributed by atoms with Crippen LogP contribution in [0.1, 0.15) is 48.9 Å². The van der Waals surface area contributed by atoms with Gasteiger partial charge in [-0.15, -0.1) is 0 Å². The van der Waals surface area contributed by atoms with Gasteiger partial charge in [0.25, 0.3) is 0 Å². The molecule has 1 aliphatic carbocycles. The summed E-state index contributed by atoms with van der Waals surface area (Å²) in [5.41, 5.74) is 1.40. The molecule has 1 aliphatic rings. The molecule has 2 aromatic carbocycles. The summed E-state index contributed by atoms with van der Waals surface area (Å²) in [6.45, 7) is 0. The number of rotatable bonds is 2. The molecule has 106 valence electrons. The van der Waals surface area contributed by atoms with Crippen molar-refractivity contribution in [3.63, 3.8) is 0 Å². The second-order valence-electron chi connectivity index (χ2n) is 5.84. The molecule has 0 heterocycles. The Morgan fingerprint density at radius 1 is 0.900 bits per heavy atom. The van der Waals surface area contributed by atoms with Crippen LogP contribution in [0.3, 0.4) is 0 Å². The predicted molar refractivity (Wildman–Crippen MR) is 91.8 cm³/mol. The van der Waals surface area contributed by atoms with Crippen molar-refractivity contribution in [2.45, 2.75) is 43.4 Å². The molecule has 0 amide bonds. The first-order chi connectivity index (χ1) is 9.77. The molecule has 1 atom stereocenters.